The number of carbonyl (C=O) groups excluding carboxylic acids is 1. The first kappa shape index (κ1) is 28.5. The number of amides is 1. The molecule has 0 bridgehead atoms. The average Bonchev–Trinajstić information content (AvgIpc) is 2.86. The number of hydrogen-bond donors (Lipinski definition) is 2. The number of anilines is 2. The van der Waals surface area contributed by atoms with Crippen LogP contribution in [0.2, 0.25) is 5.02 Å². The second kappa shape index (κ2) is 11.5. The van der Waals surface area contributed by atoms with E-state index in [1.54, 1.807) is 51.1 Å². The molecule has 0 saturated heterocycles. The number of aryl methyl sites for hydroxylation is 1. The summed E-state index contributed by atoms with van der Waals surface area (Å²) >= 11 is 6.17. The number of halogens is 1. The second-order valence-corrected chi connectivity index (χ2v) is 12.0. The van der Waals surface area contributed by atoms with E-state index in [1.165, 1.54) is 41.7 Å². The molecule has 0 heterocycles. The molecule has 0 saturated carbocycles. The topological polar surface area (TPSA) is 122 Å². The fraction of sp³-hybridized carbons (Fsp3) is 0.240. The predicted molar refractivity (Wildman–Crippen MR) is 144 cm³/mol. The third-order valence-corrected chi connectivity index (χ3v) is 9.53. The van der Waals surface area contributed by atoms with Crippen molar-refractivity contribution in [2.24, 2.45) is 0 Å². The first-order valence-electron chi connectivity index (χ1n) is 11.3. The molecule has 3 aromatic rings. The maximum atomic E-state index is 13.1. The molecule has 0 aromatic heterocycles. The summed E-state index contributed by atoms with van der Waals surface area (Å²) in [6.07, 6.45) is 0. The first-order valence-corrected chi connectivity index (χ1v) is 14.6. The van der Waals surface area contributed by atoms with E-state index in [9.17, 15) is 21.6 Å². The van der Waals surface area contributed by atoms with E-state index in [0.717, 1.165) is 0 Å². The smallest absolute Gasteiger partial charge is 0.262 e. The molecular weight excluding hydrogens is 538 g/mol. The van der Waals surface area contributed by atoms with Gasteiger partial charge in [-0.15, -0.1) is 0 Å². The van der Waals surface area contributed by atoms with Gasteiger partial charge in [0.1, 0.15) is 10.6 Å². The molecule has 0 aliphatic rings. The molecule has 12 heteroatoms. The van der Waals surface area contributed by atoms with Crippen molar-refractivity contribution in [2.75, 3.05) is 30.2 Å². The lowest BCUT2D eigenvalue weighted by Gasteiger charge is -2.19. The standard InChI is InChI=1S/C25H28ClN3O6S2/c1-5-29(6-2)37(33,34)24-15-18(12-14-20(24)26)25(30)27-22-16-19(13-11-17(22)3)36(31,32)28-21-9-7-8-10-23(21)35-4/h7-16,28H,5-6H2,1-4H3,(H,27,30). The van der Waals surface area contributed by atoms with Crippen molar-refractivity contribution in [1.29, 1.82) is 0 Å². The van der Waals surface area contributed by atoms with E-state index in [2.05, 4.69) is 10.0 Å². The fourth-order valence-electron chi connectivity index (χ4n) is 3.57. The maximum absolute atomic E-state index is 13.1. The Kier molecular flexibility index (Phi) is 8.85. The SMILES string of the molecule is CCN(CC)S(=O)(=O)c1cc(C(=O)Nc2cc(S(=O)(=O)Nc3ccccc3OC)ccc2C)ccc1Cl. The summed E-state index contributed by atoms with van der Waals surface area (Å²) in [6.45, 7) is 5.61. The molecule has 0 aliphatic carbocycles. The van der Waals surface area contributed by atoms with Gasteiger partial charge in [0.15, 0.2) is 0 Å². The summed E-state index contributed by atoms with van der Waals surface area (Å²) in [5.74, 6) is -0.270. The number of ether oxygens (including phenoxy) is 1. The third kappa shape index (κ3) is 6.24. The molecule has 9 nitrogen and oxygen atoms in total. The Bertz CT molecular complexity index is 1520. The first-order chi connectivity index (χ1) is 17.4. The predicted octanol–water partition coefficient (Wildman–Crippen LogP) is 4.74. The molecule has 3 aromatic carbocycles. The Hall–Kier alpha value is -3.12. The van der Waals surface area contributed by atoms with Crippen molar-refractivity contribution in [3.8, 4) is 5.75 Å². The van der Waals surface area contributed by atoms with E-state index in [1.807, 2.05) is 0 Å². The zero-order valence-corrected chi connectivity index (χ0v) is 23.2. The van der Waals surface area contributed by atoms with Crippen molar-refractivity contribution < 1.29 is 26.4 Å². The van der Waals surface area contributed by atoms with Gasteiger partial charge in [-0.25, -0.2) is 16.8 Å². The number of hydrogen-bond acceptors (Lipinski definition) is 6. The largest absolute Gasteiger partial charge is 0.495 e. The maximum Gasteiger partial charge on any atom is 0.262 e. The highest BCUT2D eigenvalue weighted by atomic mass is 35.5. The Morgan fingerprint density at radius 1 is 0.946 bits per heavy atom. The van der Waals surface area contributed by atoms with E-state index >= 15 is 0 Å². The van der Waals surface area contributed by atoms with Gasteiger partial charge in [0.05, 0.1) is 22.7 Å². The minimum Gasteiger partial charge on any atom is -0.495 e. The molecular formula is C25H28ClN3O6S2. The number of nitrogens with one attached hydrogen (secondary N) is 2. The minimum atomic E-state index is -4.02. The molecule has 2 N–H and O–H groups in total. The van der Waals surface area contributed by atoms with Crippen molar-refractivity contribution in [3.63, 3.8) is 0 Å². The lowest BCUT2D eigenvalue weighted by molar-refractivity contribution is 0.102. The Labute approximate surface area is 222 Å². The Morgan fingerprint density at radius 3 is 2.27 bits per heavy atom. The van der Waals surface area contributed by atoms with Crippen molar-refractivity contribution in [1.82, 2.24) is 4.31 Å². The summed E-state index contributed by atoms with van der Waals surface area (Å²) in [5.41, 5.74) is 1.17. The molecule has 0 radical (unpaired) electrons. The lowest BCUT2D eigenvalue weighted by atomic mass is 10.1. The molecule has 0 spiro atoms. The molecule has 0 atom stereocenters. The van der Waals surface area contributed by atoms with E-state index < -0.39 is 26.0 Å². The number of methoxy groups -OCH3 is 1. The molecule has 0 unspecified atom stereocenters. The van der Waals surface area contributed by atoms with Crippen LogP contribution in [0.4, 0.5) is 11.4 Å². The van der Waals surface area contributed by atoms with Crippen LogP contribution in [0.15, 0.2) is 70.5 Å². The molecule has 1 amide bonds. The van der Waals surface area contributed by atoms with Crippen LogP contribution < -0.4 is 14.8 Å². The monoisotopic (exact) mass is 565 g/mol. The lowest BCUT2D eigenvalue weighted by Crippen LogP contribution is -2.31. The number of sulfonamides is 2. The summed E-state index contributed by atoms with van der Waals surface area (Å²) in [5, 5.41) is 2.67. The number of para-hydroxylation sites is 2. The van der Waals surface area contributed by atoms with Gasteiger partial charge < -0.3 is 10.1 Å². The molecule has 198 valence electrons. The number of benzene rings is 3. The summed E-state index contributed by atoms with van der Waals surface area (Å²) in [4.78, 5) is 12.8. The second-order valence-electron chi connectivity index (χ2n) is 7.97. The average molecular weight is 566 g/mol. The van der Waals surface area contributed by atoms with Crippen LogP contribution in [0.3, 0.4) is 0 Å². The minimum absolute atomic E-state index is 0.00450. The van der Waals surface area contributed by atoms with E-state index in [-0.39, 0.29) is 44.8 Å². The van der Waals surface area contributed by atoms with Crippen LogP contribution >= 0.6 is 11.6 Å². The van der Waals surface area contributed by atoms with Crippen molar-refractivity contribution in [2.45, 2.75) is 30.6 Å². The molecule has 0 fully saturated rings. The molecule has 37 heavy (non-hydrogen) atoms. The van der Waals surface area contributed by atoms with E-state index in [0.29, 0.717) is 11.3 Å². The quantitative estimate of drug-likeness (QED) is 0.366. The van der Waals surface area contributed by atoms with Gasteiger partial charge in [-0.3, -0.25) is 9.52 Å². The zero-order valence-electron chi connectivity index (χ0n) is 20.8. The Morgan fingerprint density at radius 2 is 1.62 bits per heavy atom. The third-order valence-electron chi connectivity index (χ3n) is 5.64. The number of carbonyl (C=O) groups is 1. The van der Waals surface area contributed by atoms with Crippen LogP contribution in [0, 0.1) is 6.92 Å². The zero-order chi connectivity index (χ0) is 27.4. The summed E-state index contributed by atoms with van der Waals surface area (Å²) in [7, 11) is -6.49. The fourth-order valence-corrected chi connectivity index (χ4v) is 6.63. The molecule has 0 aliphatic heterocycles. The van der Waals surface area contributed by atoms with Crippen LogP contribution in [0.1, 0.15) is 29.8 Å². The van der Waals surface area contributed by atoms with Gasteiger partial charge in [0.2, 0.25) is 10.0 Å². The van der Waals surface area contributed by atoms with Crippen LogP contribution in [-0.2, 0) is 20.0 Å². The van der Waals surface area contributed by atoms with Gasteiger partial charge in [0.25, 0.3) is 15.9 Å². The number of rotatable bonds is 10. The van der Waals surface area contributed by atoms with Crippen molar-refractivity contribution in [3.05, 3.63) is 76.8 Å². The highest BCUT2D eigenvalue weighted by Gasteiger charge is 2.26. The number of nitrogens with zero attached hydrogens (tertiary/aromatic N) is 1. The van der Waals surface area contributed by atoms with Gasteiger partial charge in [-0.2, -0.15) is 4.31 Å². The van der Waals surface area contributed by atoms with Crippen LogP contribution in [0.25, 0.3) is 0 Å². The van der Waals surface area contributed by atoms with Gasteiger partial charge >= 0.3 is 0 Å². The summed E-state index contributed by atoms with van der Waals surface area (Å²) in [6, 6.07) is 14.8. The van der Waals surface area contributed by atoms with Gasteiger partial charge in [-0.05, 0) is 55.0 Å². The van der Waals surface area contributed by atoms with Crippen molar-refractivity contribution >= 4 is 48.9 Å². The molecule has 3 rings (SSSR count). The van der Waals surface area contributed by atoms with E-state index in [4.69, 9.17) is 16.3 Å². The van der Waals surface area contributed by atoms with Crippen LogP contribution in [0.5, 0.6) is 5.75 Å². The highest BCUT2D eigenvalue weighted by molar-refractivity contribution is 7.92. The normalized spacial score (nSPS) is 11.8. The Balaban J connectivity index is 1.92. The van der Waals surface area contributed by atoms with Gasteiger partial charge in [0, 0.05) is 24.3 Å². The van der Waals surface area contributed by atoms with Gasteiger partial charge in [-0.1, -0.05) is 43.6 Å². The summed E-state index contributed by atoms with van der Waals surface area (Å²) < 4.78 is 61.0. The highest BCUT2D eigenvalue weighted by Crippen LogP contribution is 2.29. The van der Waals surface area contributed by atoms with Crippen LogP contribution in [-0.4, -0.2) is 47.2 Å².